The first kappa shape index (κ1) is 18.3. The van der Waals surface area contributed by atoms with E-state index in [2.05, 4.69) is 29.0 Å². The van der Waals surface area contributed by atoms with Crippen LogP contribution in [-0.4, -0.2) is 53.0 Å². The second-order valence-corrected chi connectivity index (χ2v) is 10.8. The predicted octanol–water partition coefficient (Wildman–Crippen LogP) is 3.83. The molecule has 4 heteroatoms. The van der Waals surface area contributed by atoms with E-state index in [1.165, 1.54) is 24.0 Å². The Balaban J connectivity index is 1.38. The average molecular weight is 415 g/mol. The molecule has 0 spiro atoms. The van der Waals surface area contributed by atoms with Crippen molar-refractivity contribution in [1.82, 2.24) is 9.80 Å². The number of carbonyl (C=O) groups is 1. The third-order valence-corrected chi connectivity index (χ3v) is 10.0. The van der Waals surface area contributed by atoms with Gasteiger partial charge < -0.3 is 14.9 Å². The lowest BCUT2D eigenvalue weighted by atomic mass is 9.43. The maximum Gasteiger partial charge on any atom is 0.254 e. The quantitative estimate of drug-likeness (QED) is 0.771. The standard InChI is InChI=1S/C27H30N2O2/c1-28-12-11-27-21-14-20(30)8-7-18(21)13-23(28)26(27)10-9-22-24(27)19(15-26)16-29(22)25(31)17-5-3-2-4-6-17/h2-8,14,19,22-24,30H,9-13,15-16H2,1H3/t19-,22?,23?,24?,26?,27?/m1/s1. The van der Waals surface area contributed by atoms with Crippen LogP contribution < -0.4 is 0 Å². The van der Waals surface area contributed by atoms with E-state index in [-0.39, 0.29) is 11.3 Å². The van der Waals surface area contributed by atoms with Gasteiger partial charge in [0.15, 0.2) is 0 Å². The Morgan fingerprint density at radius 3 is 2.81 bits per heavy atom. The summed E-state index contributed by atoms with van der Waals surface area (Å²) in [5.41, 5.74) is 4.08. The van der Waals surface area contributed by atoms with E-state index in [9.17, 15) is 9.90 Å². The Labute approximate surface area is 183 Å². The Bertz CT molecular complexity index is 1080. The Morgan fingerprint density at radius 2 is 1.97 bits per heavy atom. The SMILES string of the molecule is CN1CCC23c4cc(O)ccc4CC1C21CCC2C3[C@@H](CN2C(=O)c2ccccc2)C1. The number of carbonyl (C=O) groups excluding carboxylic acids is 1. The lowest BCUT2D eigenvalue weighted by Gasteiger charge is -2.66. The van der Waals surface area contributed by atoms with E-state index in [4.69, 9.17) is 0 Å². The molecule has 1 N–H and O–H groups in total. The number of fused-ring (bicyclic) bond motifs is 1. The molecule has 2 aromatic carbocycles. The zero-order valence-electron chi connectivity index (χ0n) is 18.1. The first-order valence-corrected chi connectivity index (χ1v) is 11.9. The summed E-state index contributed by atoms with van der Waals surface area (Å²) in [6.07, 6.45) is 5.82. The van der Waals surface area contributed by atoms with Gasteiger partial charge in [-0.1, -0.05) is 24.3 Å². The molecule has 4 nitrogen and oxygen atoms in total. The molecule has 5 unspecified atom stereocenters. The van der Waals surface area contributed by atoms with Crippen LogP contribution in [0.4, 0.5) is 0 Å². The van der Waals surface area contributed by atoms with Crippen LogP contribution in [-0.2, 0) is 11.8 Å². The van der Waals surface area contributed by atoms with Gasteiger partial charge in [0.2, 0.25) is 0 Å². The molecule has 2 aromatic rings. The Kier molecular flexibility index (Phi) is 3.49. The second kappa shape index (κ2) is 5.92. The van der Waals surface area contributed by atoms with Crippen molar-refractivity contribution in [2.45, 2.75) is 49.6 Å². The minimum absolute atomic E-state index is 0.107. The molecule has 2 heterocycles. The summed E-state index contributed by atoms with van der Waals surface area (Å²) in [6, 6.07) is 16.9. The van der Waals surface area contributed by atoms with Crippen molar-refractivity contribution in [1.29, 1.82) is 0 Å². The zero-order valence-corrected chi connectivity index (χ0v) is 18.1. The van der Waals surface area contributed by atoms with E-state index < -0.39 is 0 Å². The van der Waals surface area contributed by atoms with Gasteiger partial charge in [-0.25, -0.2) is 0 Å². The van der Waals surface area contributed by atoms with Crippen molar-refractivity contribution in [2.24, 2.45) is 17.3 Å². The van der Waals surface area contributed by atoms with Gasteiger partial charge in [0.25, 0.3) is 5.91 Å². The minimum Gasteiger partial charge on any atom is -0.508 e. The highest BCUT2D eigenvalue weighted by Crippen LogP contribution is 2.75. The molecule has 4 fully saturated rings. The maximum atomic E-state index is 13.5. The topological polar surface area (TPSA) is 43.8 Å². The fourth-order valence-corrected chi connectivity index (χ4v) is 9.21. The van der Waals surface area contributed by atoms with Crippen molar-refractivity contribution >= 4 is 5.91 Å². The summed E-state index contributed by atoms with van der Waals surface area (Å²) in [4.78, 5) is 18.4. The molecule has 2 aliphatic heterocycles. The van der Waals surface area contributed by atoms with Gasteiger partial charge in [-0.3, -0.25) is 4.79 Å². The summed E-state index contributed by atoms with van der Waals surface area (Å²) in [5, 5.41) is 10.5. The molecule has 3 aliphatic carbocycles. The normalized spacial score (nSPS) is 39.8. The number of phenols is 1. The minimum atomic E-state index is 0.107. The fourth-order valence-electron chi connectivity index (χ4n) is 9.21. The van der Waals surface area contributed by atoms with Gasteiger partial charge >= 0.3 is 0 Å². The third kappa shape index (κ3) is 2.03. The molecule has 0 radical (unpaired) electrons. The first-order valence-electron chi connectivity index (χ1n) is 11.9. The highest BCUT2D eigenvalue weighted by molar-refractivity contribution is 5.94. The maximum absolute atomic E-state index is 13.5. The zero-order chi connectivity index (χ0) is 21.0. The molecule has 2 saturated carbocycles. The number of rotatable bonds is 1. The summed E-state index contributed by atoms with van der Waals surface area (Å²) < 4.78 is 0. The fraction of sp³-hybridized carbons (Fsp3) is 0.519. The van der Waals surface area contributed by atoms with Crippen LogP contribution in [0.25, 0.3) is 0 Å². The Hall–Kier alpha value is -2.33. The average Bonchev–Trinajstić information content (AvgIpc) is 3.23. The molecule has 160 valence electrons. The van der Waals surface area contributed by atoms with E-state index in [1.54, 1.807) is 0 Å². The van der Waals surface area contributed by atoms with Gasteiger partial charge in [-0.2, -0.15) is 0 Å². The molecule has 6 atom stereocenters. The van der Waals surface area contributed by atoms with E-state index in [1.807, 2.05) is 36.4 Å². The first-order chi connectivity index (χ1) is 15.0. The number of nitrogens with zero attached hydrogens (tertiary/aromatic N) is 2. The number of aromatic hydroxyl groups is 1. The van der Waals surface area contributed by atoms with E-state index in [0.717, 1.165) is 37.9 Å². The number of piperidine rings is 1. The second-order valence-electron chi connectivity index (χ2n) is 10.8. The molecule has 31 heavy (non-hydrogen) atoms. The van der Waals surface area contributed by atoms with Gasteiger partial charge in [0.1, 0.15) is 5.75 Å². The van der Waals surface area contributed by atoms with E-state index >= 15 is 0 Å². The van der Waals surface area contributed by atoms with Crippen LogP contribution in [0.2, 0.25) is 0 Å². The van der Waals surface area contributed by atoms with Crippen molar-refractivity contribution in [3.8, 4) is 5.75 Å². The van der Waals surface area contributed by atoms with E-state index in [0.29, 0.717) is 35.1 Å². The predicted molar refractivity (Wildman–Crippen MR) is 119 cm³/mol. The van der Waals surface area contributed by atoms with Crippen LogP contribution >= 0.6 is 0 Å². The molecule has 5 aliphatic rings. The van der Waals surface area contributed by atoms with Gasteiger partial charge in [-0.05, 0) is 98.3 Å². The molecule has 1 amide bonds. The Morgan fingerprint density at radius 1 is 1.13 bits per heavy atom. The summed E-state index contributed by atoms with van der Waals surface area (Å²) in [7, 11) is 2.32. The highest BCUT2D eigenvalue weighted by atomic mass is 16.3. The number of hydrogen-bond donors (Lipinski definition) is 1. The van der Waals surface area contributed by atoms with Gasteiger partial charge in [-0.15, -0.1) is 0 Å². The monoisotopic (exact) mass is 414 g/mol. The summed E-state index contributed by atoms with van der Waals surface area (Å²) in [6.45, 7) is 2.02. The smallest absolute Gasteiger partial charge is 0.254 e. The number of likely N-dealkylation sites (N-methyl/N-ethyl adjacent to an activating group) is 1. The van der Waals surface area contributed by atoms with Gasteiger partial charge in [0, 0.05) is 29.6 Å². The van der Waals surface area contributed by atoms with Crippen LogP contribution in [0.3, 0.4) is 0 Å². The summed E-state index contributed by atoms with van der Waals surface area (Å²) >= 11 is 0. The molecule has 7 rings (SSSR count). The van der Waals surface area contributed by atoms with Crippen molar-refractivity contribution in [3.05, 3.63) is 65.2 Å². The van der Waals surface area contributed by atoms with Gasteiger partial charge in [0.05, 0.1) is 0 Å². The van der Waals surface area contributed by atoms with Crippen LogP contribution in [0, 0.1) is 17.3 Å². The number of likely N-dealkylation sites (tertiary alicyclic amines) is 2. The number of hydrogen-bond acceptors (Lipinski definition) is 3. The van der Waals surface area contributed by atoms with Crippen molar-refractivity contribution < 1.29 is 9.90 Å². The molecule has 0 aromatic heterocycles. The molecule has 4 bridgehead atoms. The van der Waals surface area contributed by atoms with Crippen LogP contribution in [0.5, 0.6) is 5.75 Å². The third-order valence-electron chi connectivity index (χ3n) is 10.0. The lowest BCUT2D eigenvalue weighted by Crippen LogP contribution is -2.69. The lowest BCUT2D eigenvalue weighted by molar-refractivity contribution is -0.0926. The van der Waals surface area contributed by atoms with Crippen molar-refractivity contribution in [3.63, 3.8) is 0 Å². The van der Waals surface area contributed by atoms with Crippen LogP contribution in [0.15, 0.2) is 48.5 Å². The van der Waals surface area contributed by atoms with Crippen molar-refractivity contribution in [2.75, 3.05) is 20.1 Å². The number of benzene rings is 2. The summed E-state index contributed by atoms with van der Waals surface area (Å²) in [5.74, 6) is 1.70. The van der Waals surface area contributed by atoms with Crippen LogP contribution in [0.1, 0.15) is 47.2 Å². The molecular formula is C27H30N2O2. The highest BCUT2D eigenvalue weighted by Gasteiger charge is 2.76. The number of amides is 1. The molecule has 2 saturated heterocycles. The molecular weight excluding hydrogens is 384 g/mol. The number of phenolic OH excluding ortho intramolecular Hbond substituents is 1. The largest absolute Gasteiger partial charge is 0.508 e.